The van der Waals surface area contributed by atoms with Crippen molar-refractivity contribution < 1.29 is 0 Å². The van der Waals surface area contributed by atoms with Crippen molar-refractivity contribution in [2.24, 2.45) is 0 Å². The molecule has 0 atom stereocenters. The van der Waals surface area contributed by atoms with Crippen molar-refractivity contribution in [2.75, 3.05) is 20.1 Å². The lowest BCUT2D eigenvalue weighted by atomic mass is 10.3. The summed E-state index contributed by atoms with van der Waals surface area (Å²) < 4.78 is 1.21. The maximum absolute atomic E-state index is 3.50. The third kappa shape index (κ3) is 4.82. The van der Waals surface area contributed by atoms with Gasteiger partial charge in [-0.3, -0.25) is 0 Å². The average molecular weight is 345 g/mol. The molecular formula is C13H17BrN2S2. The van der Waals surface area contributed by atoms with Gasteiger partial charge in [-0.25, -0.2) is 0 Å². The van der Waals surface area contributed by atoms with Crippen molar-refractivity contribution in [3.05, 3.63) is 43.2 Å². The van der Waals surface area contributed by atoms with E-state index in [1.165, 1.54) is 14.2 Å². The maximum Gasteiger partial charge on any atom is 0.0701 e. The Morgan fingerprint density at radius 1 is 1.39 bits per heavy atom. The van der Waals surface area contributed by atoms with Gasteiger partial charge in [0.2, 0.25) is 0 Å². The average Bonchev–Trinajstić information content (AvgIpc) is 2.96. The number of thiophene rings is 2. The van der Waals surface area contributed by atoms with E-state index in [2.05, 4.69) is 62.2 Å². The molecule has 0 radical (unpaired) electrons. The summed E-state index contributed by atoms with van der Waals surface area (Å²) in [5.41, 5.74) is 1.38. The van der Waals surface area contributed by atoms with Gasteiger partial charge in [0, 0.05) is 31.1 Å². The fourth-order valence-corrected chi connectivity index (χ4v) is 3.59. The molecule has 2 aromatic rings. The minimum Gasteiger partial charge on any atom is -0.311 e. The Balaban J connectivity index is 1.61. The lowest BCUT2D eigenvalue weighted by molar-refractivity contribution is 0.324. The van der Waals surface area contributed by atoms with Crippen molar-refractivity contribution in [3.63, 3.8) is 0 Å². The van der Waals surface area contributed by atoms with Crippen LogP contribution in [0.4, 0.5) is 0 Å². The molecular weight excluding hydrogens is 328 g/mol. The summed E-state index contributed by atoms with van der Waals surface area (Å²) in [7, 11) is 2.17. The van der Waals surface area contributed by atoms with E-state index in [-0.39, 0.29) is 0 Å². The summed E-state index contributed by atoms with van der Waals surface area (Å²) in [5, 5.41) is 7.80. The highest BCUT2D eigenvalue weighted by atomic mass is 79.9. The molecule has 0 fully saturated rings. The lowest BCUT2D eigenvalue weighted by Gasteiger charge is -2.15. The fraction of sp³-hybridized carbons (Fsp3) is 0.385. The summed E-state index contributed by atoms with van der Waals surface area (Å²) in [6.45, 7) is 4.09. The van der Waals surface area contributed by atoms with E-state index < -0.39 is 0 Å². The standard InChI is InChI=1S/C13H17BrN2S2/c1-16(9-11-7-13(14)18-10-11)5-4-15-8-12-3-2-6-17-12/h2-3,6-7,10,15H,4-5,8-9H2,1H3. The van der Waals surface area contributed by atoms with Gasteiger partial charge in [-0.05, 0) is 51.4 Å². The van der Waals surface area contributed by atoms with Crippen molar-refractivity contribution >= 4 is 38.6 Å². The molecule has 98 valence electrons. The molecule has 0 aliphatic carbocycles. The minimum absolute atomic E-state index is 0.982. The van der Waals surface area contributed by atoms with Crippen LogP contribution < -0.4 is 5.32 Å². The van der Waals surface area contributed by atoms with E-state index >= 15 is 0 Å². The quantitative estimate of drug-likeness (QED) is 0.768. The molecule has 5 heteroatoms. The third-order valence-electron chi connectivity index (χ3n) is 2.62. The van der Waals surface area contributed by atoms with Gasteiger partial charge >= 0.3 is 0 Å². The van der Waals surface area contributed by atoms with E-state index in [1.54, 1.807) is 11.3 Å². The van der Waals surface area contributed by atoms with Gasteiger partial charge in [0.15, 0.2) is 0 Å². The second-order valence-corrected chi connectivity index (χ2v) is 7.58. The van der Waals surface area contributed by atoms with Crippen LogP contribution in [-0.4, -0.2) is 25.0 Å². The second-order valence-electron chi connectivity index (χ2n) is 4.25. The number of nitrogens with zero attached hydrogens (tertiary/aromatic N) is 1. The zero-order valence-corrected chi connectivity index (χ0v) is 13.6. The Morgan fingerprint density at radius 3 is 2.94 bits per heavy atom. The van der Waals surface area contributed by atoms with E-state index in [1.807, 2.05) is 11.3 Å². The summed E-state index contributed by atoms with van der Waals surface area (Å²) >= 11 is 7.05. The van der Waals surface area contributed by atoms with Crippen molar-refractivity contribution in [1.29, 1.82) is 0 Å². The molecule has 0 spiro atoms. The van der Waals surface area contributed by atoms with Crippen LogP contribution in [0.3, 0.4) is 0 Å². The molecule has 0 saturated heterocycles. The molecule has 2 heterocycles. The van der Waals surface area contributed by atoms with Gasteiger partial charge < -0.3 is 10.2 Å². The normalized spacial score (nSPS) is 11.3. The van der Waals surface area contributed by atoms with Gasteiger partial charge in [0.25, 0.3) is 0 Å². The van der Waals surface area contributed by atoms with E-state index in [0.29, 0.717) is 0 Å². The Morgan fingerprint density at radius 2 is 2.28 bits per heavy atom. The van der Waals surface area contributed by atoms with E-state index in [0.717, 1.165) is 26.2 Å². The lowest BCUT2D eigenvalue weighted by Crippen LogP contribution is -2.28. The summed E-state index contributed by atoms with van der Waals surface area (Å²) in [6, 6.07) is 6.47. The molecule has 2 aromatic heterocycles. The number of halogens is 1. The predicted molar refractivity (Wildman–Crippen MR) is 84.4 cm³/mol. The number of likely N-dealkylation sites (N-methyl/N-ethyl adjacent to an activating group) is 1. The van der Waals surface area contributed by atoms with Crippen LogP contribution in [0.1, 0.15) is 10.4 Å². The Hall–Kier alpha value is -0.200. The minimum atomic E-state index is 0.982. The van der Waals surface area contributed by atoms with Crippen molar-refractivity contribution in [3.8, 4) is 0 Å². The predicted octanol–water partition coefficient (Wildman–Crippen LogP) is 3.79. The molecule has 2 nitrogen and oxygen atoms in total. The summed E-state index contributed by atoms with van der Waals surface area (Å²) in [6.07, 6.45) is 0. The van der Waals surface area contributed by atoms with Crippen LogP contribution in [-0.2, 0) is 13.1 Å². The van der Waals surface area contributed by atoms with Gasteiger partial charge in [0.1, 0.15) is 0 Å². The first kappa shape index (κ1) is 14.2. The molecule has 0 saturated carbocycles. The van der Waals surface area contributed by atoms with Crippen LogP contribution in [0.5, 0.6) is 0 Å². The van der Waals surface area contributed by atoms with Gasteiger partial charge in [-0.2, -0.15) is 0 Å². The first-order chi connectivity index (χ1) is 8.74. The number of rotatable bonds is 7. The number of hydrogen-bond donors (Lipinski definition) is 1. The number of hydrogen-bond acceptors (Lipinski definition) is 4. The first-order valence-electron chi connectivity index (χ1n) is 5.88. The smallest absolute Gasteiger partial charge is 0.0701 e. The van der Waals surface area contributed by atoms with Crippen molar-refractivity contribution in [2.45, 2.75) is 13.1 Å². The highest BCUT2D eigenvalue weighted by molar-refractivity contribution is 9.11. The zero-order valence-electron chi connectivity index (χ0n) is 10.4. The molecule has 2 rings (SSSR count). The van der Waals surface area contributed by atoms with Gasteiger partial charge in [-0.15, -0.1) is 22.7 Å². The van der Waals surface area contributed by atoms with E-state index in [9.17, 15) is 0 Å². The molecule has 0 aliphatic heterocycles. The van der Waals surface area contributed by atoms with Crippen LogP contribution in [0.2, 0.25) is 0 Å². The first-order valence-corrected chi connectivity index (χ1v) is 8.44. The highest BCUT2D eigenvalue weighted by Crippen LogP contribution is 2.21. The molecule has 0 amide bonds. The largest absolute Gasteiger partial charge is 0.311 e. The van der Waals surface area contributed by atoms with Crippen LogP contribution >= 0.6 is 38.6 Å². The zero-order chi connectivity index (χ0) is 12.8. The van der Waals surface area contributed by atoms with Gasteiger partial charge in [0.05, 0.1) is 3.79 Å². The SMILES string of the molecule is CN(CCNCc1cccs1)Cc1csc(Br)c1. The molecule has 0 aromatic carbocycles. The Bertz CT molecular complexity index is 453. The molecule has 1 N–H and O–H groups in total. The third-order valence-corrected chi connectivity index (χ3v) is 5.05. The summed E-state index contributed by atoms with van der Waals surface area (Å²) in [4.78, 5) is 3.75. The van der Waals surface area contributed by atoms with Crippen LogP contribution in [0.15, 0.2) is 32.7 Å². The molecule has 18 heavy (non-hydrogen) atoms. The fourth-order valence-electron chi connectivity index (χ4n) is 1.71. The Labute approximate surface area is 125 Å². The van der Waals surface area contributed by atoms with E-state index in [4.69, 9.17) is 0 Å². The number of nitrogens with one attached hydrogen (secondary N) is 1. The molecule has 0 aliphatic rings. The maximum atomic E-state index is 3.50. The molecule has 0 unspecified atom stereocenters. The highest BCUT2D eigenvalue weighted by Gasteiger charge is 2.02. The topological polar surface area (TPSA) is 15.3 Å². The second kappa shape index (κ2) is 7.40. The van der Waals surface area contributed by atoms with Crippen LogP contribution in [0, 0.1) is 0 Å². The van der Waals surface area contributed by atoms with Gasteiger partial charge in [-0.1, -0.05) is 6.07 Å². The van der Waals surface area contributed by atoms with Crippen molar-refractivity contribution in [1.82, 2.24) is 10.2 Å². The van der Waals surface area contributed by atoms with Crippen LogP contribution in [0.25, 0.3) is 0 Å². The summed E-state index contributed by atoms with van der Waals surface area (Å²) in [5.74, 6) is 0. The monoisotopic (exact) mass is 344 g/mol. The molecule has 0 bridgehead atoms. The Kier molecular flexibility index (Phi) is 5.85.